The fourth-order valence-electron chi connectivity index (χ4n) is 8.74. The molecule has 66 heavy (non-hydrogen) atoms. The molecule has 4 aromatic carbocycles. The number of nitrogens with one attached hydrogen (secondary N) is 2. The average molecular weight is 923 g/mol. The molecular formula is C50H56F6N4O6. The highest BCUT2D eigenvalue weighted by molar-refractivity contribution is 5.88. The van der Waals surface area contributed by atoms with Gasteiger partial charge in [0.15, 0.2) is 0 Å². The Bertz CT molecular complexity index is 2180. The summed E-state index contributed by atoms with van der Waals surface area (Å²) in [6.45, 7) is 10.1. The van der Waals surface area contributed by atoms with E-state index in [1.807, 2.05) is 18.7 Å². The molecule has 3 aliphatic rings. The summed E-state index contributed by atoms with van der Waals surface area (Å²) in [4.78, 5) is 52.7. The molecule has 2 heterocycles. The number of rotatable bonds is 12. The van der Waals surface area contributed by atoms with Gasteiger partial charge in [0.25, 0.3) is 0 Å². The second kappa shape index (κ2) is 20.0. The summed E-state index contributed by atoms with van der Waals surface area (Å²) < 4.78 is 77.2. The van der Waals surface area contributed by atoms with Crippen LogP contribution in [-0.2, 0) is 35.0 Å². The van der Waals surface area contributed by atoms with Crippen LogP contribution in [0.2, 0.25) is 0 Å². The predicted octanol–water partition coefficient (Wildman–Crippen LogP) is 10.3. The third-order valence-electron chi connectivity index (χ3n) is 13.2. The molecule has 4 N–H and O–H groups in total. The lowest BCUT2D eigenvalue weighted by molar-refractivity contribution is -0.138. The summed E-state index contributed by atoms with van der Waals surface area (Å²) >= 11 is 0. The van der Waals surface area contributed by atoms with Gasteiger partial charge in [0.2, 0.25) is 11.8 Å². The SMILES string of the molecule is C[C@H](NC(=O)C1CC(C)(C)CCN1Cc1ccc(C(F)(F)F)cc1)c1ccc(C(=O)O)cc1.C[C@H](NC(=O)C1CC2(CCN1Cc1ccc(C(F)(F)F)cc1)CC2)c1ccc(C(=O)O)cc1. The summed E-state index contributed by atoms with van der Waals surface area (Å²) in [5, 5.41) is 24.2. The molecular weight excluding hydrogens is 867 g/mol. The summed E-state index contributed by atoms with van der Waals surface area (Å²) in [6, 6.07) is 21.6. The number of hydrogen-bond acceptors (Lipinski definition) is 6. The zero-order valence-corrected chi connectivity index (χ0v) is 37.3. The summed E-state index contributed by atoms with van der Waals surface area (Å²) in [7, 11) is 0. The lowest BCUT2D eigenvalue weighted by atomic mass is 9.78. The van der Waals surface area contributed by atoms with Gasteiger partial charge in [0, 0.05) is 13.1 Å². The highest BCUT2D eigenvalue weighted by Crippen LogP contribution is 2.55. The maximum Gasteiger partial charge on any atom is 0.416 e. The van der Waals surface area contributed by atoms with E-state index in [9.17, 15) is 45.5 Å². The van der Waals surface area contributed by atoms with Gasteiger partial charge in [-0.2, -0.15) is 26.3 Å². The number of carboxylic acid groups (broad SMARTS) is 2. The van der Waals surface area contributed by atoms with Crippen molar-refractivity contribution in [3.05, 3.63) is 142 Å². The smallest absolute Gasteiger partial charge is 0.416 e. The van der Waals surface area contributed by atoms with Gasteiger partial charge in [0.05, 0.1) is 46.4 Å². The highest BCUT2D eigenvalue weighted by atomic mass is 19.4. The fraction of sp³-hybridized carbons (Fsp3) is 0.440. The topological polar surface area (TPSA) is 139 Å². The first kappa shape index (κ1) is 49.7. The number of piperidine rings is 2. The van der Waals surface area contributed by atoms with Gasteiger partial charge in [-0.25, -0.2) is 9.59 Å². The van der Waals surface area contributed by atoms with Crippen LogP contribution < -0.4 is 10.6 Å². The second-order valence-electron chi connectivity index (χ2n) is 18.7. The van der Waals surface area contributed by atoms with E-state index in [2.05, 4.69) is 29.4 Å². The molecule has 0 radical (unpaired) electrons. The van der Waals surface area contributed by atoms with Crippen molar-refractivity contribution in [1.29, 1.82) is 0 Å². The van der Waals surface area contributed by atoms with Gasteiger partial charge in [-0.15, -0.1) is 0 Å². The van der Waals surface area contributed by atoms with Crippen LogP contribution in [0, 0.1) is 10.8 Å². The van der Waals surface area contributed by atoms with Crippen LogP contribution in [-0.4, -0.2) is 68.9 Å². The molecule has 0 aromatic heterocycles. The van der Waals surface area contributed by atoms with E-state index >= 15 is 0 Å². The van der Waals surface area contributed by atoms with Crippen LogP contribution >= 0.6 is 0 Å². The molecule has 2 unspecified atom stereocenters. The summed E-state index contributed by atoms with van der Waals surface area (Å²) in [6.07, 6.45) is -3.30. The van der Waals surface area contributed by atoms with E-state index in [0.29, 0.717) is 26.1 Å². The van der Waals surface area contributed by atoms with Crippen LogP contribution in [0.15, 0.2) is 97.1 Å². The zero-order chi connectivity index (χ0) is 48.2. The molecule has 2 amide bonds. The number of hydrogen-bond donors (Lipinski definition) is 4. The van der Waals surface area contributed by atoms with Gasteiger partial charge >= 0.3 is 24.3 Å². The minimum atomic E-state index is -4.38. The van der Waals surface area contributed by atoms with E-state index in [0.717, 1.165) is 85.2 Å². The van der Waals surface area contributed by atoms with Crippen LogP contribution in [0.1, 0.15) is 132 Å². The normalized spacial score (nSPS) is 20.3. The maximum atomic E-state index is 13.3. The average Bonchev–Trinajstić information content (AvgIpc) is 4.03. The minimum Gasteiger partial charge on any atom is -0.478 e. The Kier molecular flexibility index (Phi) is 15.1. The molecule has 10 nitrogen and oxygen atoms in total. The third kappa shape index (κ3) is 13.0. The lowest BCUT2D eigenvalue weighted by Crippen LogP contribution is -2.53. The molecule has 16 heteroatoms. The molecule has 354 valence electrons. The van der Waals surface area contributed by atoms with Crippen molar-refractivity contribution in [1.82, 2.24) is 20.4 Å². The van der Waals surface area contributed by atoms with Gasteiger partial charge in [-0.3, -0.25) is 19.4 Å². The van der Waals surface area contributed by atoms with E-state index in [1.165, 1.54) is 48.5 Å². The Morgan fingerprint density at radius 3 is 1.29 bits per heavy atom. The molecule has 7 rings (SSSR count). The van der Waals surface area contributed by atoms with Crippen LogP contribution in [0.3, 0.4) is 0 Å². The monoisotopic (exact) mass is 922 g/mol. The van der Waals surface area contributed by atoms with Crippen molar-refractivity contribution in [3.63, 3.8) is 0 Å². The second-order valence-corrected chi connectivity index (χ2v) is 18.7. The number of halogens is 6. The Labute approximate surface area is 380 Å². The van der Waals surface area contributed by atoms with Crippen molar-refractivity contribution in [2.45, 2.75) is 116 Å². The van der Waals surface area contributed by atoms with Crippen molar-refractivity contribution < 1.29 is 55.7 Å². The molecule has 1 spiro atoms. The standard InChI is InChI=1S/C25H27F3N2O3.C25H29F3N2O3/c1-16(18-4-6-19(7-5-18)23(32)33)29-22(31)21-14-24(10-11-24)12-13-30(21)15-17-2-8-20(9-3-17)25(26,27)28;1-16(18-6-8-19(9-7-18)23(32)33)29-22(31)21-14-24(2,3)12-13-30(21)15-17-4-10-20(11-5-17)25(26,27)28/h2-9,16,21H,10-15H2,1H3,(H,29,31)(H,32,33);4-11,16,21H,12-15H2,1-3H3,(H,29,31)(H,32,33)/t2*16-,21?/m00/s1. The first-order valence-corrected chi connectivity index (χ1v) is 22.0. The minimum absolute atomic E-state index is 0.0367. The number of likely N-dealkylation sites (tertiary alicyclic amines) is 2. The molecule has 4 atom stereocenters. The quantitative estimate of drug-likeness (QED) is 0.103. The van der Waals surface area contributed by atoms with E-state index in [4.69, 9.17) is 10.2 Å². The van der Waals surface area contributed by atoms with Crippen molar-refractivity contribution in [2.75, 3.05) is 13.1 Å². The molecule has 1 aliphatic carbocycles. The number of carbonyl (C=O) groups excluding carboxylic acids is 2. The Morgan fingerprint density at radius 1 is 0.576 bits per heavy atom. The number of amides is 2. The number of aromatic carboxylic acids is 2. The predicted molar refractivity (Wildman–Crippen MR) is 235 cm³/mol. The first-order valence-electron chi connectivity index (χ1n) is 22.0. The number of carboxylic acids is 2. The van der Waals surface area contributed by atoms with Crippen LogP contribution in [0.5, 0.6) is 0 Å². The highest BCUT2D eigenvalue weighted by Gasteiger charge is 2.50. The number of nitrogens with zero attached hydrogens (tertiary/aromatic N) is 2. The van der Waals surface area contributed by atoms with Crippen LogP contribution in [0.4, 0.5) is 26.3 Å². The van der Waals surface area contributed by atoms with Crippen molar-refractivity contribution in [2.24, 2.45) is 10.8 Å². The van der Waals surface area contributed by atoms with Gasteiger partial charge < -0.3 is 20.8 Å². The van der Waals surface area contributed by atoms with Crippen molar-refractivity contribution >= 4 is 23.8 Å². The summed E-state index contributed by atoms with van der Waals surface area (Å²) in [5.41, 5.74) is 2.22. The molecule has 3 fully saturated rings. The number of benzene rings is 4. The summed E-state index contributed by atoms with van der Waals surface area (Å²) in [5.74, 6) is -2.28. The van der Waals surface area contributed by atoms with Crippen molar-refractivity contribution in [3.8, 4) is 0 Å². The Hall–Kier alpha value is -5.74. The van der Waals surface area contributed by atoms with E-state index in [1.54, 1.807) is 24.3 Å². The van der Waals surface area contributed by atoms with Gasteiger partial charge in [0.1, 0.15) is 0 Å². The Morgan fingerprint density at radius 2 is 0.939 bits per heavy atom. The molecule has 4 aromatic rings. The van der Waals surface area contributed by atoms with E-state index in [-0.39, 0.29) is 51.9 Å². The zero-order valence-electron chi connectivity index (χ0n) is 37.3. The number of alkyl halides is 6. The first-order chi connectivity index (χ1) is 30.9. The molecule has 1 saturated carbocycles. The van der Waals surface area contributed by atoms with Crippen LogP contribution in [0.25, 0.3) is 0 Å². The third-order valence-corrected chi connectivity index (χ3v) is 13.2. The fourth-order valence-corrected chi connectivity index (χ4v) is 8.74. The van der Waals surface area contributed by atoms with E-state index < -0.39 is 41.5 Å². The maximum absolute atomic E-state index is 13.3. The molecule has 2 saturated heterocycles. The lowest BCUT2D eigenvalue weighted by Gasteiger charge is -2.43. The van der Waals surface area contributed by atoms with Gasteiger partial charge in [-0.1, -0.05) is 62.4 Å². The number of carbonyl (C=O) groups is 4. The largest absolute Gasteiger partial charge is 0.478 e. The molecule has 2 aliphatic heterocycles. The Balaban J connectivity index is 0.000000218. The molecule has 0 bridgehead atoms. The van der Waals surface area contributed by atoms with Gasteiger partial charge in [-0.05, 0) is 147 Å².